The van der Waals surface area contributed by atoms with Crippen molar-refractivity contribution >= 4 is 0 Å². The summed E-state index contributed by atoms with van der Waals surface area (Å²) in [6, 6.07) is 0. The quantitative estimate of drug-likeness (QED) is 0.570. The first-order valence-corrected chi connectivity index (χ1v) is 3.15. The van der Waals surface area contributed by atoms with Gasteiger partial charge in [-0.15, -0.1) is 0 Å². The minimum atomic E-state index is 0.375. The molecule has 0 saturated carbocycles. The topological polar surface area (TPSA) is 23.5 Å². The van der Waals surface area contributed by atoms with Crippen LogP contribution in [0.2, 0.25) is 0 Å². The van der Waals surface area contributed by atoms with Crippen LogP contribution >= 0.6 is 0 Å². The van der Waals surface area contributed by atoms with Crippen LogP contribution in [0.3, 0.4) is 0 Å². The van der Waals surface area contributed by atoms with Gasteiger partial charge in [0, 0.05) is 13.1 Å². The van der Waals surface area contributed by atoms with Gasteiger partial charge in [0.05, 0.1) is 0 Å². The van der Waals surface area contributed by atoms with Gasteiger partial charge in [0.1, 0.15) is 0 Å². The van der Waals surface area contributed by atoms with E-state index < -0.39 is 0 Å². The summed E-state index contributed by atoms with van der Waals surface area (Å²) in [5, 5.41) is 9.10. The Kier molecular flexibility index (Phi) is 1.78. The molecule has 0 aromatic heterocycles. The van der Waals surface area contributed by atoms with Gasteiger partial charge in [0.2, 0.25) is 0 Å². The Hall–Kier alpha value is -0.920. The van der Waals surface area contributed by atoms with Crippen LogP contribution in [-0.2, 0) is 0 Å². The zero-order valence-corrected chi connectivity index (χ0v) is 5.54. The van der Waals surface area contributed by atoms with Gasteiger partial charge in [-0.05, 0) is 13.0 Å². The number of nitrogens with zero attached hydrogens (tertiary/aromatic N) is 1. The molecule has 0 aromatic carbocycles. The summed E-state index contributed by atoms with van der Waals surface area (Å²) in [5.41, 5.74) is 0. The number of rotatable bonds is 1. The molecule has 1 rings (SSSR count). The van der Waals surface area contributed by atoms with E-state index in [4.69, 9.17) is 5.11 Å². The summed E-state index contributed by atoms with van der Waals surface area (Å²) in [6.07, 6.45) is 5.58. The van der Waals surface area contributed by atoms with Gasteiger partial charge in [-0.1, -0.05) is 12.2 Å². The van der Waals surface area contributed by atoms with Crippen LogP contribution < -0.4 is 0 Å². The molecule has 0 unspecified atom stereocenters. The zero-order chi connectivity index (χ0) is 6.69. The molecule has 2 nitrogen and oxygen atoms in total. The second-order valence-electron chi connectivity index (χ2n) is 1.99. The third-order valence-electron chi connectivity index (χ3n) is 1.41. The standard InChI is InChI=1S/C7H11NO/c1-2-8-6-4-3-5-7(8)9/h3-5,9H,2,6H2,1H3. The van der Waals surface area contributed by atoms with Crippen molar-refractivity contribution in [3.63, 3.8) is 0 Å². The number of aliphatic hydroxyl groups excluding tert-OH is 1. The molecule has 0 aliphatic carbocycles. The molecule has 0 saturated heterocycles. The van der Waals surface area contributed by atoms with Crippen molar-refractivity contribution < 1.29 is 5.11 Å². The van der Waals surface area contributed by atoms with Crippen molar-refractivity contribution in [3.05, 3.63) is 24.1 Å². The summed E-state index contributed by atoms with van der Waals surface area (Å²) in [4.78, 5) is 1.89. The minimum absolute atomic E-state index is 0.375. The van der Waals surface area contributed by atoms with Crippen molar-refractivity contribution in [2.45, 2.75) is 6.92 Å². The van der Waals surface area contributed by atoms with Gasteiger partial charge in [-0.25, -0.2) is 0 Å². The lowest BCUT2D eigenvalue weighted by Crippen LogP contribution is -2.23. The van der Waals surface area contributed by atoms with E-state index >= 15 is 0 Å². The average molecular weight is 125 g/mol. The highest BCUT2D eigenvalue weighted by atomic mass is 16.3. The van der Waals surface area contributed by atoms with Crippen LogP contribution in [0.4, 0.5) is 0 Å². The minimum Gasteiger partial charge on any atom is -0.495 e. The van der Waals surface area contributed by atoms with Crippen LogP contribution in [0.5, 0.6) is 0 Å². The summed E-state index contributed by atoms with van der Waals surface area (Å²) in [7, 11) is 0. The molecular formula is C7H11NO. The van der Waals surface area contributed by atoms with E-state index in [0.29, 0.717) is 5.88 Å². The third kappa shape index (κ3) is 1.25. The highest BCUT2D eigenvalue weighted by Crippen LogP contribution is 2.04. The fourth-order valence-corrected chi connectivity index (χ4v) is 0.832. The van der Waals surface area contributed by atoms with Crippen LogP contribution in [0.25, 0.3) is 0 Å². The van der Waals surface area contributed by atoms with Crippen molar-refractivity contribution in [2.24, 2.45) is 0 Å². The maximum absolute atomic E-state index is 9.10. The number of aliphatic hydroxyl groups is 1. The lowest BCUT2D eigenvalue weighted by Gasteiger charge is -2.21. The number of allylic oxidation sites excluding steroid dienone is 2. The van der Waals surface area contributed by atoms with E-state index in [1.165, 1.54) is 0 Å². The Bertz CT molecular complexity index is 149. The maximum Gasteiger partial charge on any atom is 0.186 e. The molecule has 1 aliphatic rings. The van der Waals surface area contributed by atoms with Crippen LogP contribution in [0, 0.1) is 0 Å². The largest absolute Gasteiger partial charge is 0.495 e. The maximum atomic E-state index is 9.10. The molecule has 0 fully saturated rings. The predicted molar refractivity (Wildman–Crippen MR) is 37.1 cm³/mol. The molecule has 0 atom stereocenters. The van der Waals surface area contributed by atoms with E-state index in [0.717, 1.165) is 13.1 Å². The number of hydrogen-bond donors (Lipinski definition) is 1. The smallest absolute Gasteiger partial charge is 0.186 e. The van der Waals surface area contributed by atoms with Crippen molar-refractivity contribution in [3.8, 4) is 0 Å². The second-order valence-corrected chi connectivity index (χ2v) is 1.99. The average Bonchev–Trinajstić information content (AvgIpc) is 1.89. The summed E-state index contributed by atoms with van der Waals surface area (Å²) in [5.74, 6) is 0.375. The lowest BCUT2D eigenvalue weighted by molar-refractivity contribution is 0.221. The van der Waals surface area contributed by atoms with Gasteiger partial charge >= 0.3 is 0 Å². The molecular weight excluding hydrogens is 114 g/mol. The van der Waals surface area contributed by atoms with E-state index in [1.54, 1.807) is 6.08 Å². The van der Waals surface area contributed by atoms with E-state index in [9.17, 15) is 0 Å². The van der Waals surface area contributed by atoms with Gasteiger partial charge in [-0.2, -0.15) is 0 Å². The first kappa shape index (κ1) is 6.20. The molecule has 0 aromatic rings. The number of likely N-dealkylation sites (N-methyl/N-ethyl adjacent to an activating group) is 1. The van der Waals surface area contributed by atoms with Crippen LogP contribution in [0.1, 0.15) is 6.92 Å². The Morgan fingerprint density at radius 3 is 3.00 bits per heavy atom. The first-order valence-electron chi connectivity index (χ1n) is 3.15. The Morgan fingerprint density at radius 2 is 2.56 bits per heavy atom. The molecule has 2 heteroatoms. The molecule has 1 heterocycles. The van der Waals surface area contributed by atoms with Crippen molar-refractivity contribution in [1.29, 1.82) is 0 Å². The summed E-state index contributed by atoms with van der Waals surface area (Å²) >= 11 is 0. The Morgan fingerprint density at radius 1 is 1.78 bits per heavy atom. The predicted octanol–water partition coefficient (Wildman–Crippen LogP) is 1.28. The molecule has 0 spiro atoms. The Balaban J connectivity index is 2.59. The van der Waals surface area contributed by atoms with E-state index in [1.807, 2.05) is 24.0 Å². The number of hydrogen-bond acceptors (Lipinski definition) is 2. The molecule has 9 heavy (non-hydrogen) atoms. The lowest BCUT2D eigenvalue weighted by atomic mass is 10.3. The van der Waals surface area contributed by atoms with E-state index in [2.05, 4.69) is 0 Å². The monoisotopic (exact) mass is 125 g/mol. The Labute approximate surface area is 55.1 Å². The SMILES string of the molecule is CCN1CC=CC=C1O. The van der Waals surface area contributed by atoms with E-state index in [-0.39, 0.29) is 0 Å². The third-order valence-corrected chi connectivity index (χ3v) is 1.41. The summed E-state index contributed by atoms with van der Waals surface area (Å²) < 4.78 is 0. The van der Waals surface area contributed by atoms with Crippen molar-refractivity contribution in [2.75, 3.05) is 13.1 Å². The fourth-order valence-electron chi connectivity index (χ4n) is 0.832. The zero-order valence-electron chi connectivity index (χ0n) is 5.54. The van der Waals surface area contributed by atoms with Gasteiger partial charge in [0.25, 0.3) is 0 Å². The molecule has 0 bridgehead atoms. The van der Waals surface area contributed by atoms with Gasteiger partial charge in [-0.3, -0.25) is 0 Å². The molecule has 0 radical (unpaired) electrons. The second kappa shape index (κ2) is 2.58. The van der Waals surface area contributed by atoms with Gasteiger partial charge in [0.15, 0.2) is 5.88 Å². The first-order chi connectivity index (χ1) is 4.34. The molecule has 50 valence electrons. The van der Waals surface area contributed by atoms with Gasteiger partial charge < -0.3 is 10.0 Å². The molecule has 0 amide bonds. The fraction of sp³-hybridized carbons (Fsp3) is 0.429. The highest BCUT2D eigenvalue weighted by Gasteiger charge is 2.03. The molecule has 1 N–H and O–H groups in total. The van der Waals surface area contributed by atoms with Crippen molar-refractivity contribution in [1.82, 2.24) is 4.90 Å². The highest BCUT2D eigenvalue weighted by molar-refractivity contribution is 5.12. The van der Waals surface area contributed by atoms with Crippen LogP contribution in [0.15, 0.2) is 24.1 Å². The summed E-state index contributed by atoms with van der Waals surface area (Å²) in [6.45, 7) is 3.72. The molecule has 1 aliphatic heterocycles. The van der Waals surface area contributed by atoms with Crippen LogP contribution in [-0.4, -0.2) is 23.1 Å². The normalized spacial score (nSPS) is 17.9.